The topological polar surface area (TPSA) is 67.4 Å². The fourth-order valence-corrected chi connectivity index (χ4v) is 3.15. The molecule has 1 aromatic carbocycles. The van der Waals surface area contributed by atoms with E-state index in [0.717, 1.165) is 44.5 Å². The number of methoxy groups -OCH3 is 1. The summed E-state index contributed by atoms with van der Waals surface area (Å²) in [7, 11) is 3.45. The number of hydrogen-bond donors (Lipinski definition) is 2. The van der Waals surface area contributed by atoms with E-state index in [-0.39, 0.29) is 6.10 Å². The van der Waals surface area contributed by atoms with Crippen LogP contribution in [0, 0.1) is 5.92 Å². The molecule has 0 spiro atoms. The second-order valence-corrected chi connectivity index (χ2v) is 7.44. The van der Waals surface area contributed by atoms with Gasteiger partial charge in [0, 0.05) is 46.9 Å². The first-order chi connectivity index (χ1) is 13.6. The highest BCUT2D eigenvalue weighted by atomic mass is 16.5. The number of aliphatic imine (C=N–C) groups is 1. The zero-order valence-electron chi connectivity index (χ0n) is 17.7. The summed E-state index contributed by atoms with van der Waals surface area (Å²) in [5.41, 5.74) is 1.17. The summed E-state index contributed by atoms with van der Waals surface area (Å²) in [4.78, 5) is 6.79. The lowest BCUT2D eigenvalue weighted by atomic mass is 10.2. The van der Waals surface area contributed by atoms with E-state index in [9.17, 15) is 0 Å². The molecule has 7 heteroatoms. The van der Waals surface area contributed by atoms with Crippen LogP contribution in [0.5, 0.6) is 5.75 Å². The second kappa shape index (κ2) is 12.6. The van der Waals surface area contributed by atoms with Crippen molar-refractivity contribution in [1.82, 2.24) is 15.5 Å². The van der Waals surface area contributed by atoms with Gasteiger partial charge in [0.25, 0.3) is 0 Å². The molecular formula is C21H36N4O3. The first-order valence-electron chi connectivity index (χ1n) is 10.1. The van der Waals surface area contributed by atoms with E-state index in [0.29, 0.717) is 25.7 Å². The Balaban J connectivity index is 1.71. The van der Waals surface area contributed by atoms with Crippen LogP contribution in [0.1, 0.15) is 19.4 Å². The monoisotopic (exact) mass is 392 g/mol. The highest BCUT2D eigenvalue weighted by molar-refractivity contribution is 5.79. The highest BCUT2D eigenvalue weighted by Gasteiger charge is 2.21. The van der Waals surface area contributed by atoms with Gasteiger partial charge in [-0.25, -0.2) is 0 Å². The van der Waals surface area contributed by atoms with Crippen molar-refractivity contribution in [2.24, 2.45) is 10.9 Å². The summed E-state index contributed by atoms with van der Waals surface area (Å²) in [6, 6.07) is 8.05. The SMILES string of the molecule is CN=C(NCc1ccc(OCCOC)cc1)NCC1CN(CC(C)C)CCO1. The van der Waals surface area contributed by atoms with Crippen molar-refractivity contribution in [1.29, 1.82) is 0 Å². The molecule has 2 rings (SSSR count). The molecular weight excluding hydrogens is 356 g/mol. The number of nitrogens with one attached hydrogen (secondary N) is 2. The van der Waals surface area contributed by atoms with Gasteiger partial charge in [-0.3, -0.25) is 9.89 Å². The number of ether oxygens (including phenoxy) is 3. The molecule has 2 N–H and O–H groups in total. The van der Waals surface area contributed by atoms with Gasteiger partial charge in [-0.2, -0.15) is 0 Å². The first kappa shape index (κ1) is 22.5. The zero-order chi connectivity index (χ0) is 20.2. The fraction of sp³-hybridized carbons (Fsp3) is 0.667. The molecule has 1 saturated heterocycles. The lowest BCUT2D eigenvalue weighted by Crippen LogP contribution is -2.50. The van der Waals surface area contributed by atoms with Crippen molar-refractivity contribution < 1.29 is 14.2 Å². The maximum absolute atomic E-state index is 5.89. The third-order valence-corrected chi connectivity index (χ3v) is 4.51. The first-order valence-corrected chi connectivity index (χ1v) is 10.1. The van der Waals surface area contributed by atoms with Gasteiger partial charge in [0.05, 0.1) is 19.3 Å². The number of hydrogen-bond acceptors (Lipinski definition) is 5. The Labute approximate surface area is 169 Å². The zero-order valence-corrected chi connectivity index (χ0v) is 17.7. The van der Waals surface area contributed by atoms with Crippen molar-refractivity contribution in [2.75, 3.05) is 60.2 Å². The van der Waals surface area contributed by atoms with Crippen molar-refractivity contribution in [3.05, 3.63) is 29.8 Å². The number of benzene rings is 1. The third kappa shape index (κ3) is 8.46. The van der Waals surface area contributed by atoms with Crippen LogP contribution in [0.2, 0.25) is 0 Å². The summed E-state index contributed by atoms with van der Waals surface area (Å²) in [5, 5.41) is 6.73. The van der Waals surface area contributed by atoms with Crippen LogP contribution >= 0.6 is 0 Å². The van der Waals surface area contributed by atoms with Gasteiger partial charge >= 0.3 is 0 Å². The normalized spacial score (nSPS) is 18.3. The smallest absolute Gasteiger partial charge is 0.191 e. The number of rotatable bonds is 10. The molecule has 0 aliphatic carbocycles. The van der Waals surface area contributed by atoms with Gasteiger partial charge in [0.2, 0.25) is 0 Å². The number of guanidine groups is 1. The predicted molar refractivity (Wildman–Crippen MR) is 113 cm³/mol. The van der Waals surface area contributed by atoms with Crippen molar-refractivity contribution in [3.8, 4) is 5.75 Å². The quantitative estimate of drug-likeness (QED) is 0.359. The summed E-state index contributed by atoms with van der Waals surface area (Å²) in [6.45, 7) is 11.0. The van der Waals surface area contributed by atoms with Gasteiger partial charge in [-0.05, 0) is 23.6 Å². The molecule has 0 saturated carbocycles. The number of nitrogens with zero attached hydrogens (tertiary/aromatic N) is 2. The average molecular weight is 393 g/mol. The Morgan fingerprint density at radius 1 is 1.25 bits per heavy atom. The minimum Gasteiger partial charge on any atom is -0.491 e. The summed E-state index contributed by atoms with van der Waals surface area (Å²) < 4.78 is 16.5. The highest BCUT2D eigenvalue weighted by Crippen LogP contribution is 2.12. The Kier molecular flexibility index (Phi) is 10.1. The van der Waals surface area contributed by atoms with Crippen LogP contribution in [0.25, 0.3) is 0 Å². The summed E-state index contributed by atoms with van der Waals surface area (Å²) >= 11 is 0. The molecule has 1 aliphatic rings. The van der Waals surface area contributed by atoms with Crippen LogP contribution in [0.3, 0.4) is 0 Å². The predicted octanol–water partition coefficient (Wildman–Crippen LogP) is 1.73. The molecule has 1 aliphatic heterocycles. The minimum absolute atomic E-state index is 0.189. The van der Waals surface area contributed by atoms with Crippen LogP contribution in [-0.2, 0) is 16.0 Å². The van der Waals surface area contributed by atoms with E-state index >= 15 is 0 Å². The maximum Gasteiger partial charge on any atom is 0.191 e. The Morgan fingerprint density at radius 3 is 2.71 bits per heavy atom. The lowest BCUT2D eigenvalue weighted by Gasteiger charge is -2.34. The molecule has 158 valence electrons. The maximum atomic E-state index is 5.89. The number of morpholine rings is 1. The van der Waals surface area contributed by atoms with Gasteiger partial charge < -0.3 is 24.8 Å². The molecule has 1 heterocycles. The molecule has 1 fully saturated rings. The van der Waals surface area contributed by atoms with Crippen molar-refractivity contribution in [2.45, 2.75) is 26.5 Å². The second-order valence-electron chi connectivity index (χ2n) is 7.44. The minimum atomic E-state index is 0.189. The third-order valence-electron chi connectivity index (χ3n) is 4.51. The molecule has 0 aromatic heterocycles. The van der Waals surface area contributed by atoms with Crippen molar-refractivity contribution in [3.63, 3.8) is 0 Å². The lowest BCUT2D eigenvalue weighted by molar-refractivity contribution is -0.0284. The Morgan fingerprint density at radius 2 is 2.04 bits per heavy atom. The largest absolute Gasteiger partial charge is 0.491 e. The van der Waals surface area contributed by atoms with Crippen LogP contribution in [-0.4, -0.2) is 77.1 Å². The van der Waals surface area contributed by atoms with Gasteiger partial charge in [-0.1, -0.05) is 26.0 Å². The van der Waals surface area contributed by atoms with Crippen molar-refractivity contribution >= 4 is 5.96 Å². The van der Waals surface area contributed by atoms with Crippen LogP contribution < -0.4 is 15.4 Å². The fourth-order valence-electron chi connectivity index (χ4n) is 3.15. The molecule has 0 radical (unpaired) electrons. The Bertz CT molecular complexity index is 578. The van der Waals surface area contributed by atoms with E-state index in [4.69, 9.17) is 14.2 Å². The van der Waals surface area contributed by atoms with Gasteiger partial charge in [0.15, 0.2) is 5.96 Å². The van der Waals surface area contributed by atoms with E-state index in [1.54, 1.807) is 14.2 Å². The van der Waals surface area contributed by atoms with Gasteiger partial charge in [0.1, 0.15) is 12.4 Å². The van der Waals surface area contributed by atoms with Crippen LogP contribution in [0.4, 0.5) is 0 Å². The molecule has 28 heavy (non-hydrogen) atoms. The molecule has 0 bridgehead atoms. The molecule has 1 aromatic rings. The molecule has 1 unspecified atom stereocenters. The Hall–Kier alpha value is -1.83. The average Bonchev–Trinajstić information content (AvgIpc) is 2.69. The molecule has 7 nitrogen and oxygen atoms in total. The van der Waals surface area contributed by atoms with Gasteiger partial charge in [-0.15, -0.1) is 0 Å². The van der Waals surface area contributed by atoms with E-state index in [1.165, 1.54) is 5.56 Å². The standard InChI is InChI=1S/C21H36N4O3/c1-17(2)15-25-9-10-27-20(16-25)14-24-21(22-3)23-13-18-5-7-19(8-6-18)28-12-11-26-4/h5-8,17,20H,9-16H2,1-4H3,(H2,22,23,24). The van der Waals surface area contributed by atoms with E-state index < -0.39 is 0 Å². The van der Waals surface area contributed by atoms with E-state index in [2.05, 4.69) is 46.5 Å². The molecule has 1 atom stereocenters. The summed E-state index contributed by atoms with van der Waals surface area (Å²) in [6.07, 6.45) is 0.189. The van der Waals surface area contributed by atoms with Crippen LogP contribution in [0.15, 0.2) is 29.3 Å². The van der Waals surface area contributed by atoms with E-state index in [1.807, 2.05) is 12.1 Å². The molecule has 0 amide bonds. The summed E-state index contributed by atoms with van der Waals surface area (Å²) in [5.74, 6) is 2.31.